The Bertz CT molecular complexity index is 419. The molecule has 0 unspecified atom stereocenters. The second-order valence-electron chi connectivity index (χ2n) is 5.53. The Morgan fingerprint density at radius 2 is 1.82 bits per heavy atom. The van der Waals surface area contributed by atoms with E-state index in [0.29, 0.717) is 0 Å². The first-order valence-corrected chi connectivity index (χ1v) is 5.84. The van der Waals surface area contributed by atoms with Gasteiger partial charge < -0.3 is 5.32 Å². The lowest BCUT2D eigenvalue weighted by Gasteiger charge is -2.26. The number of nitrogens with one attached hydrogen (secondary N) is 1. The van der Waals surface area contributed by atoms with E-state index in [2.05, 4.69) is 11.4 Å². The molecule has 0 bridgehead atoms. The molecule has 0 fully saturated rings. The molecule has 0 heterocycles. The SMILES string of the molecule is Cc1ccc(N(C)C(=O)NC(C)(C)C)c(C)c1. The Balaban J connectivity index is 2.89. The summed E-state index contributed by atoms with van der Waals surface area (Å²) >= 11 is 0. The molecule has 0 radical (unpaired) electrons. The fourth-order valence-electron chi connectivity index (χ4n) is 1.70. The molecule has 0 aliphatic carbocycles. The zero-order valence-electron chi connectivity index (χ0n) is 11.6. The fourth-order valence-corrected chi connectivity index (χ4v) is 1.70. The average Bonchev–Trinajstić information content (AvgIpc) is 2.14. The van der Waals surface area contributed by atoms with Crippen LogP contribution in [0.5, 0.6) is 0 Å². The van der Waals surface area contributed by atoms with Crippen molar-refractivity contribution in [3.05, 3.63) is 29.3 Å². The first-order valence-electron chi connectivity index (χ1n) is 5.84. The van der Waals surface area contributed by atoms with Crippen molar-refractivity contribution in [3.63, 3.8) is 0 Å². The highest BCUT2D eigenvalue weighted by Gasteiger charge is 2.18. The van der Waals surface area contributed by atoms with Crippen molar-refractivity contribution >= 4 is 11.7 Å². The van der Waals surface area contributed by atoms with Crippen molar-refractivity contribution < 1.29 is 4.79 Å². The Kier molecular flexibility index (Phi) is 3.81. The van der Waals surface area contributed by atoms with Gasteiger partial charge in [-0.1, -0.05) is 17.7 Å². The maximum absolute atomic E-state index is 12.0. The third-order valence-corrected chi connectivity index (χ3v) is 2.50. The maximum Gasteiger partial charge on any atom is 0.322 e. The summed E-state index contributed by atoms with van der Waals surface area (Å²) in [7, 11) is 1.79. The largest absolute Gasteiger partial charge is 0.333 e. The maximum atomic E-state index is 12.0. The van der Waals surface area contributed by atoms with Gasteiger partial charge in [-0.05, 0) is 46.2 Å². The summed E-state index contributed by atoms with van der Waals surface area (Å²) in [5, 5.41) is 2.95. The molecule has 0 aliphatic rings. The Morgan fingerprint density at radius 1 is 1.24 bits per heavy atom. The number of carbonyl (C=O) groups excluding carboxylic acids is 1. The Hall–Kier alpha value is -1.51. The molecule has 17 heavy (non-hydrogen) atoms. The summed E-state index contributed by atoms with van der Waals surface area (Å²) in [5.41, 5.74) is 3.04. The lowest BCUT2D eigenvalue weighted by atomic mass is 10.1. The number of carbonyl (C=O) groups is 1. The highest BCUT2D eigenvalue weighted by molar-refractivity contribution is 5.92. The molecular weight excluding hydrogens is 212 g/mol. The van der Waals surface area contributed by atoms with Crippen molar-refractivity contribution in [2.24, 2.45) is 0 Å². The van der Waals surface area contributed by atoms with Gasteiger partial charge in [-0.25, -0.2) is 4.79 Å². The Morgan fingerprint density at radius 3 is 2.29 bits per heavy atom. The lowest BCUT2D eigenvalue weighted by molar-refractivity contribution is 0.239. The van der Waals surface area contributed by atoms with Gasteiger partial charge in [0.2, 0.25) is 0 Å². The molecule has 1 N–H and O–H groups in total. The molecule has 0 saturated heterocycles. The van der Waals surface area contributed by atoms with E-state index < -0.39 is 0 Å². The third-order valence-electron chi connectivity index (χ3n) is 2.50. The number of aryl methyl sites for hydroxylation is 2. The van der Waals surface area contributed by atoms with Gasteiger partial charge in [0.05, 0.1) is 0 Å². The van der Waals surface area contributed by atoms with Crippen LogP contribution < -0.4 is 10.2 Å². The predicted molar refractivity (Wildman–Crippen MR) is 72.6 cm³/mol. The van der Waals surface area contributed by atoms with Crippen LogP contribution in [0.1, 0.15) is 31.9 Å². The molecule has 3 heteroatoms. The third kappa shape index (κ3) is 3.77. The van der Waals surface area contributed by atoms with Gasteiger partial charge in [0.1, 0.15) is 0 Å². The second kappa shape index (κ2) is 4.78. The van der Waals surface area contributed by atoms with Gasteiger partial charge in [0.25, 0.3) is 0 Å². The van der Waals surface area contributed by atoms with Gasteiger partial charge in [-0.2, -0.15) is 0 Å². The first-order chi connectivity index (χ1) is 7.70. The molecular formula is C14H22N2O. The molecule has 1 aromatic rings. The standard InChI is InChI=1S/C14H22N2O/c1-10-7-8-12(11(2)9-10)16(6)13(17)15-14(3,4)5/h7-9H,1-6H3,(H,15,17). The van der Waals surface area contributed by atoms with E-state index in [1.54, 1.807) is 11.9 Å². The number of urea groups is 1. The van der Waals surface area contributed by atoms with E-state index in [4.69, 9.17) is 0 Å². The van der Waals surface area contributed by atoms with Crippen LogP contribution in [0.4, 0.5) is 10.5 Å². The summed E-state index contributed by atoms with van der Waals surface area (Å²) in [5.74, 6) is 0. The van der Waals surface area contributed by atoms with Crippen molar-refractivity contribution in [1.29, 1.82) is 0 Å². The van der Waals surface area contributed by atoms with Crippen LogP contribution >= 0.6 is 0 Å². The zero-order chi connectivity index (χ0) is 13.2. The quantitative estimate of drug-likeness (QED) is 0.795. The molecule has 1 aromatic carbocycles. The summed E-state index contributed by atoms with van der Waals surface area (Å²) in [4.78, 5) is 13.7. The average molecular weight is 234 g/mol. The molecule has 0 aromatic heterocycles. The number of benzene rings is 1. The van der Waals surface area contributed by atoms with Crippen LogP contribution in [0.2, 0.25) is 0 Å². The molecule has 1 rings (SSSR count). The Labute approximate surface area is 104 Å². The number of hydrogen-bond donors (Lipinski definition) is 1. The van der Waals surface area contributed by atoms with E-state index in [9.17, 15) is 4.79 Å². The smallest absolute Gasteiger partial charge is 0.322 e. The number of hydrogen-bond acceptors (Lipinski definition) is 1. The minimum Gasteiger partial charge on any atom is -0.333 e. The van der Waals surface area contributed by atoms with Gasteiger partial charge in [0.15, 0.2) is 0 Å². The van der Waals surface area contributed by atoms with Gasteiger partial charge in [0, 0.05) is 18.3 Å². The molecule has 0 saturated carbocycles. The van der Waals surface area contributed by atoms with E-state index in [0.717, 1.165) is 11.3 Å². The zero-order valence-corrected chi connectivity index (χ0v) is 11.6. The normalized spacial score (nSPS) is 11.2. The van der Waals surface area contributed by atoms with Crippen molar-refractivity contribution in [1.82, 2.24) is 5.32 Å². The molecule has 2 amide bonds. The number of nitrogens with zero attached hydrogens (tertiary/aromatic N) is 1. The predicted octanol–water partition coefficient (Wildman–Crippen LogP) is 3.25. The highest BCUT2D eigenvalue weighted by Crippen LogP contribution is 2.20. The topological polar surface area (TPSA) is 32.3 Å². The summed E-state index contributed by atoms with van der Waals surface area (Å²) in [6.45, 7) is 9.98. The monoisotopic (exact) mass is 234 g/mol. The van der Waals surface area contributed by atoms with E-state index in [1.165, 1.54) is 5.56 Å². The van der Waals surface area contributed by atoms with Crippen LogP contribution in [0, 0.1) is 13.8 Å². The van der Waals surface area contributed by atoms with E-state index in [1.807, 2.05) is 46.8 Å². The minimum absolute atomic E-state index is 0.0792. The van der Waals surface area contributed by atoms with Crippen molar-refractivity contribution in [2.75, 3.05) is 11.9 Å². The second-order valence-corrected chi connectivity index (χ2v) is 5.53. The van der Waals surface area contributed by atoms with E-state index in [-0.39, 0.29) is 11.6 Å². The minimum atomic E-state index is -0.218. The number of amides is 2. The van der Waals surface area contributed by atoms with Gasteiger partial charge >= 0.3 is 6.03 Å². The number of anilines is 1. The number of rotatable bonds is 1. The van der Waals surface area contributed by atoms with E-state index >= 15 is 0 Å². The molecule has 0 atom stereocenters. The van der Waals surface area contributed by atoms with Crippen LogP contribution in [0.25, 0.3) is 0 Å². The van der Waals surface area contributed by atoms with Crippen molar-refractivity contribution in [2.45, 2.75) is 40.2 Å². The molecule has 0 aliphatic heterocycles. The molecule has 3 nitrogen and oxygen atoms in total. The summed E-state index contributed by atoms with van der Waals surface area (Å²) in [6.07, 6.45) is 0. The first kappa shape index (κ1) is 13.6. The molecule has 94 valence electrons. The van der Waals surface area contributed by atoms with Crippen LogP contribution in [0.15, 0.2) is 18.2 Å². The van der Waals surface area contributed by atoms with Crippen LogP contribution in [-0.2, 0) is 0 Å². The van der Waals surface area contributed by atoms with Gasteiger partial charge in [-0.3, -0.25) is 4.90 Å². The van der Waals surface area contributed by atoms with Crippen LogP contribution in [0.3, 0.4) is 0 Å². The van der Waals surface area contributed by atoms with Crippen molar-refractivity contribution in [3.8, 4) is 0 Å². The molecule has 0 spiro atoms. The summed E-state index contributed by atoms with van der Waals surface area (Å²) < 4.78 is 0. The van der Waals surface area contributed by atoms with Crippen LogP contribution in [-0.4, -0.2) is 18.6 Å². The lowest BCUT2D eigenvalue weighted by Crippen LogP contribution is -2.47. The highest BCUT2D eigenvalue weighted by atomic mass is 16.2. The fraction of sp³-hybridized carbons (Fsp3) is 0.500. The van der Waals surface area contributed by atoms with Gasteiger partial charge in [-0.15, -0.1) is 0 Å². The summed E-state index contributed by atoms with van der Waals surface area (Å²) in [6, 6.07) is 6.00.